The van der Waals surface area contributed by atoms with E-state index in [1.54, 1.807) is 17.5 Å². The second-order valence-corrected chi connectivity index (χ2v) is 6.32. The second kappa shape index (κ2) is 7.76. The van der Waals surface area contributed by atoms with Crippen LogP contribution in [0.1, 0.15) is 36.8 Å². The van der Waals surface area contributed by atoms with Gasteiger partial charge in [-0.15, -0.1) is 11.3 Å². The molecule has 2 aromatic heterocycles. The molecule has 0 amide bonds. The molecule has 3 nitrogen and oxygen atoms in total. The molecule has 0 aliphatic rings. The van der Waals surface area contributed by atoms with Crippen molar-refractivity contribution < 1.29 is 4.74 Å². The number of hydrogen-bond donors (Lipinski definition) is 1. The van der Waals surface area contributed by atoms with E-state index in [9.17, 15) is 0 Å². The zero-order valence-corrected chi connectivity index (χ0v) is 14.1. The molecule has 1 N–H and O–H groups in total. The van der Waals surface area contributed by atoms with Crippen molar-refractivity contribution in [3.63, 3.8) is 0 Å². The Morgan fingerprint density at radius 1 is 1.35 bits per heavy atom. The molecule has 0 radical (unpaired) electrons. The lowest BCUT2D eigenvalue weighted by Crippen LogP contribution is -2.21. The fraction of sp³-hybridized carbons (Fsp3) is 0.400. The summed E-state index contributed by atoms with van der Waals surface area (Å²) in [5.41, 5.74) is 1.13. The summed E-state index contributed by atoms with van der Waals surface area (Å²) in [7, 11) is 0. The average Bonchev–Trinajstić information content (AvgIpc) is 2.89. The number of aromatic nitrogens is 1. The van der Waals surface area contributed by atoms with Crippen molar-refractivity contribution >= 4 is 27.3 Å². The summed E-state index contributed by atoms with van der Waals surface area (Å²) in [4.78, 5) is 5.57. The maximum atomic E-state index is 5.67. The molecule has 2 aromatic rings. The minimum Gasteiger partial charge on any atom is -0.492 e. The van der Waals surface area contributed by atoms with Crippen molar-refractivity contribution in [1.82, 2.24) is 10.3 Å². The molecule has 1 unspecified atom stereocenters. The van der Waals surface area contributed by atoms with E-state index in [0.717, 1.165) is 35.4 Å². The largest absolute Gasteiger partial charge is 0.492 e. The third-order valence-electron chi connectivity index (χ3n) is 2.82. The number of thiophene rings is 1. The minimum atomic E-state index is 0.161. The van der Waals surface area contributed by atoms with Crippen molar-refractivity contribution in [3.8, 4) is 5.75 Å². The molecular weight excluding hydrogens is 336 g/mol. The molecule has 2 rings (SSSR count). The normalized spacial score (nSPS) is 12.3. The molecule has 2 heterocycles. The van der Waals surface area contributed by atoms with Gasteiger partial charge in [0.05, 0.1) is 18.8 Å². The van der Waals surface area contributed by atoms with E-state index in [4.69, 9.17) is 4.74 Å². The number of hydrogen-bond acceptors (Lipinski definition) is 4. The van der Waals surface area contributed by atoms with Gasteiger partial charge in [0.1, 0.15) is 5.75 Å². The van der Waals surface area contributed by atoms with Crippen LogP contribution in [-0.4, -0.2) is 18.1 Å². The summed E-state index contributed by atoms with van der Waals surface area (Å²) < 4.78 is 6.79. The van der Waals surface area contributed by atoms with Crippen LogP contribution in [0.4, 0.5) is 0 Å². The Bertz CT molecular complexity index is 544. The fourth-order valence-corrected chi connectivity index (χ4v) is 3.50. The molecular formula is C15H19BrN2OS. The first kappa shape index (κ1) is 15.5. The summed E-state index contributed by atoms with van der Waals surface area (Å²) in [6, 6.07) is 4.38. The monoisotopic (exact) mass is 354 g/mol. The maximum Gasteiger partial charge on any atom is 0.137 e. The van der Waals surface area contributed by atoms with Crippen LogP contribution in [0.5, 0.6) is 5.75 Å². The van der Waals surface area contributed by atoms with E-state index in [1.807, 2.05) is 6.20 Å². The maximum absolute atomic E-state index is 5.67. The summed E-state index contributed by atoms with van der Waals surface area (Å²) in [5, 5.41) is 5.61. The molecule has 0 aromatic carbocycles. The van der Waals surface area contributed by atoms with Crippen LogP contribution in [0, 0.1) is 0 Å². The molecule has 108 valence electrons. The van der Waals surface area contributed by atoms with Gasteiger partial charge in [0.25, 0.3) is 0 Å². The van der Waals surface area contributed by atoms with E-state index in [-0.39, 0.29) is 6.04 Å². The molecule has 0 aliphatic heterocycles. The highest BCUT2D eigenvalue weighted by Gasteiger charge is 2.16. The molecule has 0 fully saturated rings. The first-order valence-corrected chi connectivity index (χ1v) is 8.47. The van der Waals surface area contributed by atoms with Crippen molar-refractivity contribution in [2.45, 2.75) is 26.3 Å². The van der Waals surface area contributed by atoms with E-state index in [1.165, 1.54) is 4.88 Å². The van der Waals surface area contributed by atoms with Crippen molar-refractivity contribution in [1.29, 1.82) is 0 Å². The molecule has 5 heteroatoms. The summed E-state index contributed by atoms with van der Waals surface area (Å²) in [5.74, 6) is 0.836. The number of pyridine rings is 1. The predicted molar refractivity (Wildman–Crippen MR) is 87.6 cm³/mol. The molecule has 20 heavy (non-hydrogen) atoms. The summed E-state index contributed by atoms with van der Waals surface area (Å²) in [6.45, 7) is 5.84. The van der Waals surface area contributed by atoms with Gasteiger partial charge >= 0.3 is 0 Å². The molecule has 0 aliphatic carbocycles. The lowest BCUT2D eigenvalue weighted by molar-refractivity contribution is 0.315. The third-order valence-corrected chi connectivity index (χ3v) is 4.58. The number of rotatable bonds is 7. The van der Waals surface area contributed by atoms with Crippen LogP contribution in [-0.2, 0) is 0 Å². The zero-order chi connectivity index (χ0) is 14.4. The predicted octanol–water partition coefficient (Wildman–Crippen LogP) is 4.39. The zero-order valence-electron chi connectivity index (χ0n) is 11.7. The van der Waals surface area contributed by atoms with Gasteiger partial charge in [-0.1, -0.05) is 13.8 Å². The van der Waals surface area contributed by atoms with Crippen LogP contribution >= 0.6 is 27.3 Å². The lowest BCUT2D eigenvalue weighted by Gasteiger charge is -2.17. The van der Waals surface area contributed by atoms with Gasteiger partial charge in [-0.25, -0.2) is 0 Å². The van der Waals surface area contributed by atoms with Gasteiger partial charge in [0, 0.05) is 20.9 Å². The van der Waals surface area contributed by atoms with Crippen LogP contribution in [0.2, 0.25) is 0 Å². The Morgan fingerprint density at radius 2 is 2.20 bits per heavy atom. The fourth-order valence-electron chi connectivity index (χ4n) is 1.96. The smallest absolute Gasteiger partial charge is 0.137 e. The molecule has 0 saturated heterocycles. The molecule has 0 spiro atoms. The number of halogens is 1. The SMILES string of the molecule is CCCOc1cncc(C(NCC)c2cc(Br)cs2)c1. The minimum absolute atomic E-state index is 0.161. The first-order chi connectivity index (χ1) is 9.74. The lowest BCUT2D eigenvalue weighted by atomic mass is 10.1. The van der Waals surface area contributed by atoms with E-state index < -0.39 is 0 Å². The Morgan fingerprint density at radius 3 is 2.85 bits per heavy atom. The van der Waals surface area contributed by atoms with E-state index >= 15 is 0 Å². The van der Waals surface area contributed by atoms with Gasteiger partial charge < -0.3 is 10.1 Å². The average molecular weight is 355 g/mol. The first-order valence-electron chi connectivity index (χ1n) is 6.79. The quantitative estimate of drug-likeness (QED) is 0.800. The Kier molecular flexibility index (Phi) is 6.01. The third kappa shape index (κ3) is 4.04. The van der Waals surface area contributed by atoms with Crippen LogP contribution in [0.3, 0.4) is 0 Å². The number of ether oxygens (including phenoxy) is 1. The topological polar surface area (TPSA) is 34.1 Å². The number of nitrogens with one attached hydrogen (secondary N) is 1. The van der Waals surface area contributed by atoms with Gasteiger partial charge in [0.2, 0.25) is 0 Å². The van der Waals surface area contributed by atoms with Gasteiger partial charge in [0.15, 0.2) is 0 Å². The van der Waals surface area contributed by atoms with Crippen molar-refractivity contribution in [2.75, 3.05) is 13.2 Å². The van der Waals surface area contributed by atoms with Crippen LogP contribution < -0.4 is 10.1 Å². The van der Waals surface area contributed by atoms with E-state index in [2.05, 4.69) is 57.6 Å². The molecule has 1 atom stereocenters. The van der Waals surface area contributed by atoms with Gasteiger partial charge in [-0.05, 0) is 46.6 Å². The highest BCUT2D eigenvalue weighted by Crippen LogP contribution is 2.31. The summed E-state index contributed by atoms with van der Waals surface area (Å²) in [6.07, 6.45) is 4.67. The van der Waals surface area contributed by atoms with Crippen molar-refractivity contribution in [2.24, 2.45) is 0 Å². The Labute approximate surface area is 132 Å². The van der Waals surface area contributed by atoms with Crippen LogP contribution in [0.15, 0.2) is 34.4 Å². The Hall–Kier alpha value is -0.910. The highest BCUT2D eigenvalue weighted by molar-refractivity contribution is 9.10. The Balaban J connectivity index is 2.24. The van der Waals surface area contributed by atoms with Gasteiger partial charge in [-0.2, -0.15) is 0 Å². The highest BCUT2D eigenvalue weighted by atomic mass is 79.9. The van der Waals surface area contributed by atoms with E-state index in [0.29, 0.717) is 0 Å². The molecule has 0 saturated carbocycles. The standard InChI is InChI=1S/C15H19BrN2OS/c1-3-5-19-13-6-11(8-17-9-13)15(18-4-2)14-7-12(16)10-20-14/h6-10,15,18H,3-5H2,1-2H3. The number of nitrogens with zero attached hydrogens (tertiary/aromatic N) is 1. The molecule has 0 bridgehead atoms. The van der Waals surface area contributed by atoms with Crippen LogP contribution in [0.25, 0.3) is 0 Å². The van der Waals surface area contributed by atoms with Crippen molar-refractivity contribution in [3.05, 3.63) is 44.8 Å². The summed E-state index contributed by atoms with van der Waals surface area (Å²) >= 11 is 5.25. The second-order valence-electron chi connectivity index (χ2n) is 4.46. The van der Waals surface area contributed by atoms with Gasteiger partial charge in [-0.3, -0.25) is 4.98 Å².